The first kappa shape index (κ1) is 11.4. The predicted molar refractivity (Wildman–Crippen MR) is 61.1 cm³/mol. The largest absolute Gasteiger partial charge is 0.480 e. The molecule has 1 heterocycles. The van der Waals surface area contributed by atoms with E-state index in [2.05, 4.69) is 5.16 Å². The van der Waals surface area contributed by atoms with Crippen molar-refractivity contribution in [2.24, 2.45) is 0 Å². The number of halogens is 1. The molecule has 1 atom stereocenters. The molecule has 90 valence electrons. The highest BCUT2D eigenvalue weighted by molar-refractivity contribution is 5.42. The highest BCUT2D eigenvalue weighted by Crippen LogP contribution is 2.25. The van der Waals surface area contributed by atoms with Gasteiger partial charge in [0.2, 0.25) is 0 Å². The number of aromatic nitrogens is 1. The van der Waals surface area contributed by atoms with Gasteiger partial charge in [-0.15, -0.1) is 0 Å². The molecule has 2 rings (SSSR count). The van der Waals surface area contributed by atoms with Crippen molar-refractivity contribution in [2.45, 2.75) is 20.0 Å². The van der Waals surface area contributed by atoms with E-state index in [0.717, 1.165) is 5.69 Å². The lowest BCUT2D eigenvalue weighted by atomic mass is 10.2. The number of hydrogen-bond acceptors (Lipinski definition) is 4. The maximum absolute atomic E-state index is 13.5. The molecule has 0 aliphatic rings. The van der Waals surface area contributed by atoms with Gasteiger partial charge in [0, 0.05) is 17.8 Å². The second kappa shape index (κ2) is 4.45. The molecule has 1 unspecified atom stereocenters. The first-order chi connectivity index (χ1) is 8.06. The number of benzene rings is 1. The SMILES string of the molecule is Cc1cc(C(C)Oc2ccc(N)cc2F)on1. The lowest BCUT2D eigenvalue weighted by Gasteiger charge is -2.12. The van der Waals surface area contributed by atoms with Crippen LogP contribution in [0.2, 0.25) is 0 Å². The van der Waals surface area contributed by atoms with E-state index in [9.17, 15) is 4.39 Å². The summed E-state index contributed by atoms with van der Waals surface area (Å²) >= 11 is 0. The topological polar surface area (TPSA) is 61.3 Å². The Bertz CT molecular complexity index is 525. The average molecular weight is 236 g/mol. The molecule has 0 radical (unpaired) electrons. The van der Waals surface area contributed by atoms with E-state index >= 15 is 0 Å². The minimum Gasteiger partial charge on any atom is -0.480 e. The molecule has 0 spiro atoms. The van der Waals surface area contributed by atoms with Crippen molar-refractivity contribution in [3.63, 3.8) is 0 Å². The summed E-state index contributed by atoms with van der Waals surface area (Å²) in [7, 11) is 0. The lowest BCUT2D eigenvalue weighted by molar-refractivity contribution is 0.175. The molecule has 0 aliphatic heterocycles. The number of nitrogens with zero attached hydrogens (tertiary/aromatic N) is 1. The molecule has 0 amide bonds. The van der Waals surface area contributed by atoms with Gasteiger partial charge in [-0.3, -0.25) is 0 Å². The summed E-state index contributed by atoms with van der Waals surface area (Å²) in [5, 5.41) is 3.75. The monoisotopic (exact) mass is 236 g/mol. The predicted octanol–water partition coefficient (Wildman–Crippen LogP) is 2.84. The van der Waals surface area contributed by atoms with Crippen molar-refractivity contribution in [3.8, 4) is 5.75 Å². The van der Waals surface area contributed by atoms with Crippen LogP contribution in [-0.4, -0.2) is 5.16 Å². The van der Waals surface area contributed by atoms with Crippen molar-refractivity contribution in [1.29, 1.82) is 0 Å². The van der Waals surface area contributed by atoms with Gasteiger partial charge < -0.3 is 15.0 Å². The van der Waals surface area contributed by atoms with Crippen molar-refractivity contribution >= 4 is 5.69 Å². The van der Waals surface area contributed by atoms with Gasteiger partial charge in [-0.05, 0) is 26.0 Å². The Morgan fingerprint density at radius 2 is 2.18 bits per heavy atom. The molecule has 0 aliphatic carbocycles. The molecule has 2 N–H and O–H groups in total. The van der Waals surface area contributed by atoms with Crippen LogP contribution in [0.3, 0.4) is 0 Å². The van der Waals surface area contributed by atoms with Gasteiger partial charge in [0.05, 0.1) is 5.69 Å². The molecular formula is C12H13FN2O2. The van der Waals surface area contributed by atoms with E-state index in [1.807, 2.05) is 6.92 Å². The van der Waals surface area contributed by atoms with Crippen LogP contribution < -0.4 is 10.5 Å². The fourth-order valence-corrected chi connectivity index (χ4v) is 1.44. The van der Waals surface area contributed by atoms with Crippen LogP contribution in [0.1, 0.15) is 24.5 Å². The summed E-state index contributed by atoms with van der Waals surface area (Å²) in [5.74, 6) is 0.201. The summed E-state index contributed by atoms with van der Waals surface area (Å²) in [5.41, 5.74) is 6.57. The van der Waals surface area contributed by atoms with E-state index < -0.39 is 11.9 Å². The second-order valence-electron chi connectivity index (χ2n) is 3.82. The summed E-state index contributed by atoms with van der Waals surface area (Å²) in [6.07, 6.45) is -0.408. The zero-order valence-corrected chi connectivity index (χ0v) is 9.61. The van der Waals surface area contributed by atoms with Gasteiger partial charge >= 0.3 is 0 Å². The van der Waals surface area contributed by atoms with Crippen molar-refractivity contribution in [3.05, 3.63) is 41.5 Å². The van der Waals surface area contributed by atoms with E-state index in [1.165, 1.54) is 12.1 Å². The Kier molecular flexibility index (Phi) is 2.99. The normalized spacial score (nSPS) is 12.4. The van der Waals surface area contributed by atoms with Crippen molar-refractivity contribution < 1.29 is 13.7 Å². The maximum atomic E-state index is 13.5. The number of hydrogen-bond donors (Lipinski definition) is 1. The lowest BCUT2D eigenvalue weighted by Crippen LogP contribution is -2.03. The fourth-order valence-electron chi connectivity index (χ4n) is 1.44. The van der Waals surface area contributed by atoms with Crippen molar-refractivity contribution in [1.82, 2.24) is 5.16 Å². The van der Waals surface area contributed by atoms with Crippen LogP contribution in [0.15, 0.2) is 28.8 Å². The number of rotatable bonds is 3. The third kappa shape index (κ3) is 2.55. The first-order valence-electron chi connectivity index (χ1n) is 5.21. The number of ether oxygens (including phenoxy) is 1. The van der Waals surface area contributed by atoms with Gasteiger partial charge in [-0.1, -0.05) is 5.16 Å². The summed E-state index contributed by atoms with van der Waals surface area (Å²) in [4.78, 5) is 0. The van der Waals surface area contributed by atoms with Gasteiger partial charge in [0.25, 0.3) is 0 Å². The molecule has 0 fully saturated rings. The molecule has 0 saturated carbocycles. The molecule has 5 heteroatoms. The van der Waals surface area contributed by atoms with E-state index in [1.54, 1.807) is 19.1 Å². The summed E-state index contributed by atoms with van der Waals surface area (Å²) < 4.78 is 24.0. The van der Waals surface area contributed by atoms with E-state index in [-0.39, 0.29) is 5.75 Å². The Morgan fingerprint density at radius 1 is 1.41 bits per heavy atom. The molecule has 0 bridgehead atoms. The molecule has 1 aromatic carbocycles. The molecule has 1 aromatic heterocycles. The first-order valence-corrected chi connectivity index (χ1v) is 5.21. The number of aryl methyl sites for hydroxylation is 1. The highest BCUT2D eigenvalue weighted by Gasteiger charge is 2.14. The van der Waals surface area contributed by atoms with E-state index in [4.69, 9.17) is 15.0 Å². The second-order valence-corrected chi connectivity index (χ2v) is 3.82. The zero-order valence-electron chi connectivity index (χ0n) is 9.61. The van der Waals surface area contributed by atoms with Gasteiger partial charge in [-0.25, -0.2) is 4.39 Å². The van der Waals surface area contributed by atoms with Crippen LogP contribution >= 0.6 is 0 Å². The van der Waals surface area contributed by atoms with Crippen LogP contribution in [-0.2, 0) is 0 Å². The van der Waals surface area contributed by atoms with Gasteiger partial charge in [-0.2, -0.15) is 0 Å². The molecule has 17 heavy (non-hydrogen) atoms. The Morgan fingerprint density at radius 3 is 2.76 bits per heavy atom. The molecule has 0 saturated heterocycles. The van der Waals surface area contributed by atoms with Crippen LogP contribution in [0.25, 0.3) is 0 Å². The Balaban J connectivity index is 2.15. The van der Waals surface area contributed by atoms with Crippen molar-refractivity contribution in [2.75, 3.05) is 5.73 Å². The minimum absolute atomic E-state index is 0.140. The molecule has 2 aromatic rings. The third-order valence-corrected chi connectivity index (χ3v) is 2.31. The summed E-state index contributed by atoms with van der Waals surface area (Å²) in [6.45, 7) is 3.57. The maximum Gasteiger partial charge on any atom is 0.177 e. The third-order valence-electron chi connectivity index (χ3n) is 2.31. The zero-order chi connectivity index (χ0) is 12.4. The van der Waals surface area contributed by atoms with E-state index in [0.29, 0.717) is 11.4 Å². The van der Waals surface area contributed by atoms with Crippen LogP contribution in [0, 0.1) is 12.7 Å². The number of nitrogen functional groups attached to an aromatic ring is 1. The molecule has 4 nitrogen and oxygen atoms in total. The number of anilines is 1. The standard InChI is InChI=1S/C12H13FN2O2/c1-7-5-12(17-15-7)8(2)16-11-4-3-9(14)6-10(11)13/h3-6,8H,14H2,1-2H3. The van der Waals surface area contributed by atoms with Crippen LogP contribution in [0.5, 0.6) is 5.75 Å². The summed E-state index contributed by atoms with van der Waals surface area (Å²) in [6, 6.07) is 6.04. The van der Waals surface area contributed by atoms with Crippen LogP contribution in [0.4, 0.5) is 10.1 Å². The fraction of sp³-hybridized carbons (Fsp3) is 0.250. The number of nitrogens with two attached hydrogens (primary N) is 1. The quantitative estimate of drug-likeness (QED) is 0.832. The molecular weight excluding hydrogens is 223 g/mol. The average Bonchev–Trinajstić information content (AvgIpc) is 2.69. The Hall–Kier alpha value is -2.04. The highest BCUT2D eigenvalue weighted by atomic mass is 19.1. The van der Waals surface area contributed by atoms with Gasteiger partial charge in [0.1, 0.15) is 0 Å². The minimum atomic E-state index is -0.493. The smallest absolute Gasteiger partial charge is 0.177 e. The Labute approximate surface area is 98.2 Å². The van der Waals surface area contributed by atoms with Gasteiger partial charge in [0.15, 0.2) is 23.4 Å².